The molecule has 4 nitrogen and oxygen atoms in total. The number of benzene rings is 2. The van der Waals surface area contributed by atoms with E-state index in [-0.39, 0.29) is 17.9 Å². The standard InChI is InChI=1S/C23H24Cl2N2O2/c1-29-11-3-10-26-23(28)14-6-9-21-19(12-14)16-4-2-5-17(16)22(27-21)18-8-7-15(24)13-20(18)25/h2,4,6-9,12-13,16-17,22,27H,3,5,10-11H2,1H3,(H,26,28). The summed E-state index contributed by atoms with van der Waals surface area (Å²) in [6.45, 7) is 1.24. The van der Waals surface area contributed by atoms with Crippen LogP contribution in [0.3, 0.4) is 0 Å². The van der Waals surface area contributed by atoms with E-state index < -0.39 is 0 Å². The maximum Gasteiger partial charge on any atom is 0.251 e. The SMILES string of the molecule is COCCCNC(=O)c1ccc2c(c1)C1C=CCC1C(c1ccc(Cl)cc1Cl)N2. The number of anilines is 1. The van der Waals surface area contributed by atoms with Crippen LogP contribution in [0.2, 0.25) is 10.0 Å². The molecule has 6 heteroatoms. The first-order valence-electron chi connectivity index (χ1n) is 9.87. The number of amides is 1. The molecule has 0 radical (unpaired) electrons. The van der Waals surface area contributed by atoms with Crippen molar-refractivity contribution >= 4 is 34.8 Å². The van der Waals surface area contributed by atoms with Gasteiger partial charge in [0, 0.05) is 47.5 Å². The zero-order valence-corrected chi connectivity index (χ0v) is 17.8. The van der Waals surface area contributed by atoms with Crippen LogP contribution in [0.15, 0.2) is 48.6 Å². The Bertz CT molecular complexity index is 944. The molecule has 0 saturated heterocycles. The molecule has 4 rings (SSSR count). The summed E-state index contributed by atoms with van der Waals surface area (Å²) in [5, 5.41) is 7.93. The largest absolute Gasteiger partial charge is 0.385 e. The summed E-state index contributed by atoms with van der Waals surface area (Å²) in [5.41, 5.74) is 3.95. The van der Waals surface area contributed by atoms with Gasteiger partial charge in [-0.1, -0.05) is 41.4 Å². The van der Waals surface area contributed by atoms with E-state index >= 15 is 0 Å². The average molecular weight is 431 g/mol. The second kappa shape index (κ2) is 8.78. The fraction of sp³-hybridized carbons (Fsp3) is 0.348. The molecule has 0 bridgehead atoms. The first-order chi connectivity index (χ1) is 14.1. The monoisotopic (exact) mass is 430 g/mol. The van der Waals surface area contributed by atoms with Crippen LogP contribution in [-0.4, -0.2) is 26.2 Å². The molecule has 0 fully saturated rings. The van der Waals surface area contributed by atoms with Crippen LogP contribution < -0.4 is 10.6 Å². The van der Waals surface area contributed by atoms with Gasteiger partial charge < -0.3 is 15.4 Å². The minimum Gasteiger partial charge on any atom is -0.385 e. The van der Waals surface area contributed by atoms with Gasteiger partial charge in [-0.25, -0.2) is 0 Å². The van der Waals surface area contributed by atoms with Crippen molar-refractivity contribution < 1.29 is 9.53 Å². The lowest BCUT2D eigenvalue weighted by atomic mass is 9.76. The fourth-order valence-electron chi connectivity index (χ4n) is 4.32. The number of carbonyl (C=O) groups excluding carboxylic acids is 1. The topological polar surface area (TPSA) is 50.4 Å². The van der Waals surface area contributed by atoms with Gasteiger partial charge in [-0.2, -0.15) is 0 Å². The number of hydrogen-bond acceptors (Lipinski definition) is 3. The second-order valence-corrected chi connectivity index (χ2v) is 8.39. The molecule has 1 aliphatic heterocycles. The molecule has 2 aromatic rings. The minimum absolute atomic E-state index is 0.0506. The lowest BCUT2D eigenvalue weighted by Crippen LogP contribution is -2.30. The average Bonchev–Trinajstić information content (AvgIpc) is 3.21. The zero-order chi connectivity index (χ0) is 20.4. The molecule has 3 unspecified atom stereocenters. The highest BCUT2D eigenvalue weighted by atomic mass is 35.5. The summed E-state index contributed by atoms with van der Waals surface area (Å²) in [6.07, 6.45) is 6.24. The van der Waals surface area contributed by atoms with Gasteiger partial charge in [0.2, 0.25) is 0 Å². The molecule has 1 amide bonds. The first-order valence-corrected chi connectivity index (χ1v) is 10.6. The predicted octanol–water partition coefficient (Wildman–Crippen LogP) is 5.59. The second-order valence-electron chi connectivity index (χ2n) is 7.55. The van der Waals surface area contributed by atoms with Gasteiger partial charge in [-0.05, 0) is 60.2 Å². The van der Waals surface area contributed by atoms with E-state index in [1.54, 1.807) is 13.2 Å². The number of allylic oxidation sites excluding steroid dienone is 2. The van der Waals surface area contributed by atoms with Gasteiger partial charge in [0.15, 0.2) is 0 Å². The molecular weight excluding hydrogens is 407 g/mol. The van der Waals surface area contributed by atoms with Crippen molar-refractivity contribution in [1.82, 2.24) is 5.32 Å². The van der Waals surface area contributed by atoms with Gasteiger partial charge >= 0.3 is 0 Å². The van der Waals surface area contributed by atoms with E-state index in [9.17, 15) is 4.79 Å². The van der Waals surface area contributed by atoms with Crippen LogP contribution in [0.1, 0.15) is 46.3 Å². The third-order valence-electron chi connectivity index (χ3n) is 5.73. The van der Waals surface area contributed by atoms with E-state index in [1.165, 1.54) is 0 Å². The summed E-state index contributed by atoms with van der Waals surface area (Å²) in [5.74, 6) is 0.552. The summed E-state index contributed by atoms with van der Waals surface area (Å²) >= 11 is 12.6. The van der Waals surface area contributed by atoms with Gasteiger partial charge in [-0.3, -0.25) is 4.79 Å². The normalized spacial score (nSPS) is 22.0. The number of rotatable bonds is 6. The smallest absolute Gasteiger partial charge is 0.251 e. The molecule has 2 aliphatic rings. The minimum atomic E-state index is -0.0506. The Hall–Kier alpha value is -2.01. The van der Waals surface area contributed by atoms with E-state index in [0.29, 0.717) is 34.7 Å². The third kappa shape index (κ3) is 4.16. The maximum absolute atomic E-state index is 12.5. The first kappa shape index (κ1) is 20.3. The highest BCUT2D eigenvalue weighted by Crippen LogP contribution is 2.51. The highest BCUT2D eigenvalue weighted by molar-refractivity contribution is 6.35. The summed E-state index contributed by atoms with van der Waals surface area (Å²) in [6, 6.07) is 11.7. The van der Waals surface area contributed by atoms with Gasteiger partial charge in [-0.15, -0.1) is 0 Å². The van der Waals surface area contributed by atoms with E-state index in [0.717, 1.165) is 29.7 Å². The van der Waals surface area contributed by atoms with E-state index in [4.69, 9.17) is 27.9 Å². The number of carbonyl (C=O) groups is 1. The van der Waals surface area contributed by atoms with Gasteiger partial charge in [0.1, 0.15) is 0 Å². The van der Waals surface area contributed by atoms with Crippen molar-refractivity contribution in [3.63, 3.8) is 0 Å². The van der Waals surface area contributed by atoms with Crippen LogP contribution in [0.4, 0.5) is 5.69 Å². The van der Waals surface area contributed by atoms with Crippen molar-refractivity contribution in [2.75, 3.05) is 25.6 Å². The third-order valence-corrected chi connectivity index (χ3v) is 6.30. The Kier molecular flexibility index (Phi) is 6.14. The summed E-state index contributed by atoms with van der Waals surface area (Å²) < 4.78 is 5.03. The lowest BCUT2D eigenvalue weighted by Gasteiger charge is -2.38. The summed E-state index contributed by atoms with van der Waals surface area (Å²) in [7, 11) is 1.66. The molecule has 1 aliphatic carbocycles. The molecule has 1 heterocycles. The summed E-state index contributed by atoms with van der Waals surface area (Å²) in [4.78, 5) is 12.5. The Morgan fingerprint density at radius 2 is 2.07 bits per heavy atom. The molecule has 3 atom stereocenters. The molecule has 2 N–H and O–H groups in total. The number of methoxy groups -OCH3 is 1. The van der Waals surface area contributed by atoms with Crippen molar-refractivity contribution in [2.24, 2.45) is 5.92 Å². The van der Waals surface area contributed by atoms with Crippen LogP contribution in [0.5, 0.6) is 0 Å². The number of fused-ring (bicyclic) bond motifs is 3. The molecule has 2 aromatic carbocycles. The van der Waals surface area contributed by atoms with Gasteiger partial charge in [0.05, 0.1) is 6.04 Å². The molecule has 29 heavy (non-hydrogen) atoms. The number of nitrogens with one attached hydrogen (secondary N) is 2. The Morgan fingerprint density at radius 3 is 2.86 bits per heavy atom. The van der Waals surface area contributed by atoms with E-state index in [2.05, 4.69) is 22.8 Å². The number of ether oxygens (including phenoxy) is 1. The Labute approximate surface area is 181 Å². The van der Waals surface area contributed by atoms with Crippen LogP contribution in [0.25, 0.3) is 0 Å². The van der Waals surface area contributed by atoms with Crippen molar-refractivity contribution in [3.8, 4) is 0 Å². The van der Waals surface area contributed by atoms with Crippen molar-refractivity contribution in [1.29, 1.82) is 0 Å². The number of hydrogen-bond donors (Lipinski definition) is 2. The molecule has 0 aromatic heterocycles. The lowest BCUT2D eigenvalue weighted by molar-refractivity contribution is 0.0948. The maximum atomic E-state index is 12.5. The molecular formula is C23H24Cl2N2O2. The zero-order valence-electron chi connectivity index (χ0n) is 16.3. The highest BCUT2D eigenvalue weighted by Gasteiger charge is 2.38. The van der Waals surface area contributed by atoms with Crippen LogP contribution in [-0.2, 0) is 4.74 Å². The van der Waals surface area contributed by atoms with Crippen molar-refractivity contribution in [3.05, 3.63) is 75.3 Å². The Balaban J connectivity index is 1.59. The fourth-order valence-corrected chi connectivity index (χ4v) is 4.84. The molecule has 0 saturated carbocycles. The van der Waals surface area contributed by atoms with Gasteiger partial charge in [0.25, 0.3) is 5.91 Å². The molecule has 152 valence electrons. The Morgan fingerprint density at radius 1 is 1.21 bits per heavy atom. The van der Waals surface area contributed by atoms with Crippen LogP contribution in [0, 0.1) is 5.92 Å². The predicted molar refractivity (Wildman–Crippen MR) is 118 cm³/mol. The number of halogens is 2. The molecule has 0 spiro atoms. The van der Waals surface area contributed by atoms with E-state index in [1.807, 2.05) is 30.3 Å². The quantitative estimate of drug-likeness (QED) is 0.463. The van der Waals surface area contributed by atoms with Crippen molar-refractivity contribution in [2.45, 2.75) is 24.8 Å². The van der Waals surface area contributed by atoms with Crippen LogP contribution >= 0.6 is 23.2 Å².